The van der Waals surface area contributed by atoms with Gasteiger partial charge in [-0.1, -0.05) is 19.1 Å². The Hall–Kier alpha value is -3.95. The van der Waals surface area contributed by atoms with Crippen LogP contribution in [0.4, 0.5) is 16.3 Å². The van der Waals surface area contributed by atoms with Crippen LogP contribution in [0.1, 0.15) is 25.3 Å². The highest BCUT2D eigenvalue weighted by Gasteiger charge is 2.21. The summed E-state index contributed by atoms with van der Waals surface area (Å²) in [7, 11) is 1.86. The fraction of sp³-hybridized carbons (Fsp3) is 0.385. The van der Waals surface area contributed by atoms with Crippen LogP contribution in [0.25, 0.3) is 0 Å². The third-order valence-electron chi connectivity index (χ3n) is 6.04. The number of aliphatic carboxylic acids is 1. The van der Waals surface area contributed by atoms with Gasteiger partial charge in [0.15, 0.2) is 0 Å². The first-order valence-electron chi connectivity index (χ1n) is 12.0. The Morgan fingerprint density at radius 3 is 2.39 bits per heavy atom. The second-order valence-corrected chi connectivity index (χ2v) is 8.68. The van der Waals surface area contributed by atoms with Crippen molar-refractivity contribution in [2.24, 2.45) is 5.92 Å². The van der Waals surface area contributed by atoms with E-state index in [-0.39, 0.29) is 17.7 Å². The lowest BCUT2D eigenvalue weighted by molar-refractivity contribution is -0.141. The third kappa shape index (κ3) is 6.59. The molecular weight excluding hydrogens is 465 g/mol. The van der Waals surface area contributed by atoms with E-state index in [0.29, 0.717) is 49.4 Å². The zero-order valence-electron chi connectivity index (χ0n) is 20.4. The Bertz CT molecular complexity index is 1160. The molecule has 0 saturated carbocycles. The van der Waals surface area contributed by atoms with Gasteiger partial charge in [0, 0.05) is 20.1 Å². The fourth-order valence-electron chi connectivity index (χ4n) is 3.63. The first-order valence-corrected chi connectivity index (χ1v) is 12.0. The van der Waals surface area contributed by atoms with E-state index >= 15 is 0 Å². The average molecular weight is 496 g/mol. The number of benzene rings is 2. The molecule has 3 aromatic rings. The number of hydrogen-bond acceptors (Lipinski definition) is 8. The molecular formula is C26H30FN5O4. The highest BCUT2D eigenvalue weighted by molar-refractivity contribution is 5.70. The summed E-state index contributed by atoms with van der Waals surface area (Å²) in [5.41, 5.74) is 0.964. The summed E-state index contributed by atoms with van der Waals surface area (Å²) in [4.78, 5) is 28.6. The minimum Gasteiger partial charge on any atom is -0.492 e. The maximum atomic E-state index is 13.2. The third-order valence-corrected chi connectivity index (χ3v) is 6.04. The number of likely N-dealkylation sites (N-methyl/N-ethyl adjacent to an activating group) is 1. The molecule has 0 bridgehead atoms. The molecule has 0 aliphatic carbocycles. The molecule has 190 valence electrons. The van der Waals surface area contributed by atoms with E-state index < -0.39 is 5.97 Å². The Morgan fingerprint density at radius 2 is 1.78 bits per heavy atom. The van der Waals surface area contributed by atoms with Crippen molar-refractivity contribution in [2.75, 3.05) is 43.1 Å². The van der Waals surface area contributed by atoms with Gasteiger partial charge in [-0.15, -0.1) is 0 Å². The predicted octanol–water partition coefficient (Wildman–Crippen LogP) is 4.18. The molecule has 1 aliphatic heterocycles. The number of halogens is 1. The number of anilines is 2. The lowest BCUT2D eigenvalue weighted by atomic mass is 9.97. The number of carboxylic acids is 1. The zero-order valence-corrected chi connectivity index (χ0v) is 20.4. The van der Waals surface area contributed by atoms with Gasteiger partial charge in [0.1, 0.15) is 23.9 Å². The van der Waals surface area contributed by atoms with Gasteiger partial charge >= 0.3 is 12.0 Å². The van der Waals surface area contributed by atoms with Gasteiger partial charge in [0.25, 0.3) is 0 Å². The number of rotatable bonds is 12. The van der Waals surface area contributed by atoms with E-state index in [0.717, 1.165) is 25.1 Å². The largest absolute Gasteiger partial charge is 0.492 e. The van der Waals surface area contributed by atoms with Crippen LogP contribution in [0.2, 0.25) is 0 Å². The molecule has 0 amide bonds. The first-order chi connectivity index (χ1) is 17.4. The molecule has 2 aromatic carbocycles. The number of nitrogens with zero attached hydrogens (tertiary/aromatic N) is 5. The highest BCUT2D eigenvalue weighted by Crippen LogP contribution is 2.25. The van der Waals surface area contributed by atoms with E-state index in [1.165, 1.54) is 24.3 Å². The number of hydrogen-bond donors (Lipinski definition) is 1. The minimum absolute atomic E-state index is 0.142. The summed E-state index contributed by atoms with van der Waals surface area (Å²) in [6.07, 6.45) is 2.16. The van der Waals surface area contributed by atoms with Crippen molar-refractivity contribution >= 4 is 17.9 Å². The molecule has 1 aromatic heterocycles. The molecule has 1 N–H and O–H groups in total. The predicted molar refractivity (Wildman–Crippen MR) is 133 cm³/mol. The van der Waals surface area contributed by atoms with Crippen molar-refractivity contribution in [3.8, 4) is 17.5 Å². The average Bonchev–Trinajstić information content (AvgIpc) is 2.83. The molecule has 1 atom stereocenters. The minimum atomic E-state index is -0.775. The highest BCUT2D eigenvalue weighted by atomic mass is 19.1. The molecule has 0 spiro atoms. The van der Waals surface area contributed by atoms with Crippen LogP contribution in [-0.2, 0) is 11.2 Å². The van der Waals surface area contributed by atoms with Gasteiger partial charge in [-0.2, -0.15) is 15.0 Å². The Labute approximate surface area is 209 Å². The number of aromatic nitrogens is 3. The molecule has 1 saturated heterocycles. The number of carboxylic acid groups (broad SMARTS) is 1. The van der Waals surface area contributed by atoms with Gasteiger partial charge in [-0.05, 0) is 61.2 Å². The van der Waals surface area contributed by atoms with Crippen LogP contribution >= 0.6 is 0 Å². The molecule has 1 fully saturated rings. The maximum Gasteiger partial charge on any atom is 0.328 e. The number of ether oxygens (including phenoxy) is 2. The van der Waals surface area contributed by atoms with Crippen molar-refractivity contribution in [3.63, 3.8) is 0 Å². The molecule has 0 radical (unpaired) electrons. The van der Waals surface area contributed by atoms with E-state index in [9.17, 15) is 14.3 Å². The van der Waals surface area contributed by atoms with E-state index in [2.05, 4.69) is 15.0 Å². The van der Waals surface area contributed by atoms with Gasteiger partial charge in [0.05, 0.1) is 12.5 Å². The van der Waals surface area contributed by atoms with Gasteiger partial charge < -0.3 is 24.4 Å². The zero-order chi connectivity index (χ0) is 25.5. The van der Waals surface area contributed by atoms with Crippen LogP contribution in [0, 0.1) is 11.7 Å². The van der Waals surface area contributed by atoms with Gasteiger partial charge in [-0.25, -0.2) is 4.39 Å². The van der Waals surface area contributed by atoms with Crippen LogP contribution in [0.3, 0.4) is 0 Å². The van der Waals surface area contributed by atoms with Crippen molar-refractivity contribution < 1.29 is 23.8 Å². The Kier molecular flexibility index (Phi) is 8.14. The molecule has 36 heavy (non-hydrogen) atoms. The van der Waals surface area contributed by atoms with Crippen LogP contribution in [0.15, 0.2) is 48.5 Å². The van der Waals surface area contributed by atoms with Crippen LogP contribution < -0.4 is 19.3 Å². The smallest absolute Gasteiger partial charge is 0.328 e. The normalized spacial score (nSPS) is 13.6. The van der Waals surface area contributed by atoms with E-state index in [4.69, 9.17) is 9.47 Å². The van der Waals surface area contributed by atoms with E-state index in [1.54, 1.807) is 0 Å². The van der Waals surface area contributed by atoms with Crippen molar-refractivity contribution in [3.05, 3.63) is 59.9 Å². The lowest BCUT2D eigenvalue weighted by Crippen LogP contribution is -2.39. The quantitative estimate of drug-likeness (QED) is 0.396. The summed E-state index contributed by atoms with van der Waals surface area (Å²) in [6.45, 7) is 4.52. The summed E-state index contributed by atoms with van der Waals surface area (Å²) in [5.74, 6) is 0.617. The fourth-order valence-corrected chi connectivity index (χ4v) is 3.63. The molecule has 1 unspecified atom stereocenters. The molecule has 1 aliphatic rings. The Balaban J connectivity index is 1.37. The molecule has 10 heteroatoms. The van der Waals surface area contributed by atoms with Crippen molar-refractivity contribution in [1.82, 2.24) is 15.0 Å². The SMILES string of the molecule is CCC(Cc1ccc(OCCN(C)c2nc(Oc3ccc(F)cc3)nc(N3CCC3)n2)cc1)C(=O)O. The Morgan fingerprint density at radius 1 is 1.08 bits per heavy atom. The molecule has 9 nitrogen and oxygen atoms in total. The van der Waals surface area contributed by atoms with Gasteiger partial charge in [-0.3, -0.25) is 4.79 Å². The first kappa shape index (κ1) is 25.2. The second-order valence-electron chi connectivity index (χ2n) is 8.68. The monoisotopic (exact) mass is 495 g/mol. The summed E-state index contributed by atoms with van der Waals surface area (Å²) < 4.78 is 24.9. The standard InChI is InChI=1S/C26H30FN5O4/c1-3-19(23(33)34)17-18-5-9-21(10-6-18)35-16-15-31(2)24-28-25(32-13-4-14-32)30-26(29-24)36-22-11-7-20(27)8-12-22/h5-12,19H,3-4,13-17H2,1-2H3,(H,33,34). The molecule has 2 heterocycles. The number of carbonyl (C=O) groups is 1. The summed E-state index contributed by atoms with van der Waals surface area (Å²) in [5, 5.41) is 9.25. The topological polar surface area (TPSA) is 101 Å². The van der Waals surface area contributed by atoms with Crippen LogP contribution in [0.5, 0.6) is 17.5 Å². The maximum absolute atomic E-state index is 13.2. The van der Waals surface area contributed by atoms with E-state index in [1.807, 2.05) is 48.0 Å². The summed E-state index contributed by atoms with van der Waals surface area (Å²) >= 11 is 0. The lowest BCUT2D eigenvalue weighted by Gasteiger charge is -2.31. The second kappa shape index (κ2) is 11.7. The van der Waals surface area contributed by atoms with Crippen molar-refractivity contribution in [1.29, 1.82) is 0 Å². The van der Waals surface area contributed by atoms with Crippen LogP contribution in [-0.4, -0.2) is 59.3 Å². The van der Waals surface area contributed by atoms with Gasteiger partial charge in [0.2, 0.25) is 11.9 Å². The summed E-state index contributed by atoms with van der Waals surface area (Å²) in [6, 6.07) is 13.3. The molecule has 4 rings (SSSR count). The van der Waals surface area contributed by atoms with Crippen molar-refractivity contribution in [2.45, 2.75) is 26.2 Å².